The van der Waals surface area contributed by atoms with Crippen LogP contribution in [-0.2, 0) is 10.8 Å². The van der Waals surface area contributed by atoms with Crippen molar-refractivity contribution in [1.82, 2.24) is 5.48 Å². The van der Waals surface area contributed by atoms with Crippen LogP contribution >= 0.6 is 24.0 Å². The summed E-state index contributed by atoms with van der Waals surface area (Å²) in [6.45, 7) is 0. The third-order valence-corrected chi connectivity index (χ3v) is 13.7. The van der Waals surface area contributed by atoms with Crippen molar-refractivity contribution in [3.63, 3.8) is 0 Å². The summed E-state index contributed by atoms with van der Waals surface area (Å²) >= 11 is 0. The zero-order valence-corrected chi connectivity index (χ0v) is 35.0. The molecule has 0 saturated heterocycles. The van der Waals surface area contributed by atoms with Crippen molar-refractivity contribution >= 4 is 35.4 Å². The molecular formula is C56H41IN2O. The molecule has 0 aromatic heterocycles. The normalized spacial score (nSPS) is 17.6. The molecule has 0 fully saturated rings. The van der Waals surface area contributed by atoms with E-state index in [9.17, 15) is 5.21 Å². The number of nitrogens with one attached hydrogen (secondary N) is 2. The Labute approximate surface area is 367 Å². The van der Waals surface area contributed by atoms with E-state index in [-0.39, 0.29) is 40.7 Å². The minimum absolute atomic E-state index is 0. The largest absolute Gasteiger partial charge is 0.356 e. The lowest BCUT2D eigenvalue weighted by Crippen LogP contribution is -2.34. The van der Waals surface area contributed by atoms with Crippen LogP contribution in [0.5, 0.6) is 0 Å². The Morgan fingerprint density at radius 3 is 1.42 bits per heavy atom. The molecule has 0 saturated carbocycles. The van der Waals surface area contributed by atoms with Crippen molar-refractivity contribution in [2.24, 2.45) is 5.92 Å². The molecule has 0 bridgehead atoms. The molecule has 5 aliphatic rings. The molecule has 8 aromatic carbocycles. The van der Waals surface area contributed by atoms with Gasteiger partial charge in [0.05, 0.1) is 16.5 Å². The summed E-state index contributed by atoms with van der Waals surface area (Å²) in [5.74, 6) is 0.525. The van der Waals surface area contributed by atoms with Gasteiger partial charge in [0.25, 0.3) is 0 Å². The smallest absolute Gasteiger partial charge is 0.0726 e. The summed E-state index contributed by atoms with van der Waals surface area (Å²) in [5.41, 5.74) is 23.8. The molecule has 5 aliphatic carbocycles. The molecule has 2 atom stereocenters. The second-order valence-electron chi connectivity index (χ2n) is 16.3. The second kappa shape index (κ2) is 14.1. The molecule has 13 rings (SSSR count). The first-order valence-electron chi connectivity index (χ1n) is 20.6. The highest BCUT2D eigenvalue weighted by Gasteiger charge is 2.57. The molecular weight excluding hydrogens is 844 g/mol. The quantitative estimate of drug-likeness (QED) is 0.122. The minimum atomic E-state index is -0.284. The van der Waals surface area contributed by atoms with E-state index in [1.165, 1.54) is 77.9 Å². The third-order valence-electron chi connectivity index (χ3n) is 13.7. The molecule has 288 valence electrons. The van der Waals surface area contributed by atoms with Crippen LogP contribution in [0.4, 0.5) is 11.4 Å². The van der Waals surface area contributed by atoms with Crippen molar-refractivity contribution in [2.75, 3.05) is 5.32 Å². The molecule has 0 amide bonds. The number of halogens is 1. The zero-order chi connectivity index (χ0) is 39.1. The fourth-order valence-corrected chi connectivity index (χ4v) is 11.6. The van der Waals surface area contributed by atoms with Crippen LogP contribution in [0.2, 0.25) is 0 Å². The van der Waals surface area contributed by atoms with E-state index in [1.807, 2.05) is 12.1 Å². The lowest BCUT2D eigenvalue weighted by molar-refractivity contribution is 0.202. The molecule has 3 nitrogen and oxygen atoms in total. The first-order chi connectivity index (χ1) is 29.2. The van der Waals surface area contributed by atoms with Crippen molar-refractivity contribution in [1.29, 1.82) is 0 Å². The maximum absolute atomic E-state index is 9.58. The number of anilines is 2. The van der Waals surface area contributed by atoms with E-state index in [0.29, 0.717) is 5.92 Å². The van der Waals surface area contributed by atoms with Gasteiger partial charge in [0.2, 0.25) is 0 Å². The van der Waals surface area contributed by atoms with Crippen LogP contribution in [0.15, 0.2) is 218 Å². The summed E-state index contributed by atoms with van der Waals surface area (Å²) in [6.07, 6.45) is 6.44. The third kappa shape index (κ3) is 4.92. The number of fused-ring (bicyclic) bond motifs is 20. The van der Waals surface area contributed by atoms with Crippen molar-refractivity contribution in [2.45, 2.75) is 16.7 Å². The average molecular weight is 885 g/mol. The average Bonchev–Trinajstić information content (AvgIpc) is 3.98. The predicted octanol–water partition coefficient (Wildman–Crippen LogP) is 13.5. The summed E-state index contributed by atoms with van der Waals surface area (Å²) < 4.78 is 0. The summed E-state index contributed by atoms with van der Waals surface area (Å²) in [6, 6.07) is 70.5. The lowest BCUT2D eigenvalue weighted by Gasteiger charge is -2.36. The number of benzene rings is 8. The first-order valence-corrected chi connectivity index (χ1v) is 20.6. The van der Waals surface area contributed by atoms with Crippen molar-refractivity contribution in [3.8, 4) is 33.4 Å². The van der Waals surface area contributed by atoms with Gasteiger partial charge in [0.1, 0.15) is 0 Å². The number of para-hydroxylation sites is 1. The molecule has 8 aromatic rings. The second-order valence-corrected chi connectivity index (χ2v) is 16.3. The Hall–Kier alpha value is -6.47. The van der Waals surface area contributed by atoms with E-state index < -0.39 is 0 Å². The Morgan fingerprint density at radius 1 is 0.417 bits per heavy atom. The van der Waals surface area contributed by atoms with Crippen molar-refractivity contribution in [3.05, 3.63) is 263 Å². The standard InChI is InChI=1S/C31H21N.C25H19NO.HI/c1-2-10-21(11-3-1)32-22-18-19-26-25-14-6-9-17-29(25)31(30(26)20-22)27-15-7-4-12-23(27)24-13-5-8-16-28(24)31;27-26-16-13-14-20-19-9-3-6-12-23(19)25(24(20)15-16)21-10-4-1-7-17(21)18-8-2-5-11-22(18)25;/h1-20,32H;1-15,20,24,26-27H;1H. The highest BCUT2D eigenvalue weighted by atomic mass is 127. The monoisotopic (exact) mass is 884 g/mol. The van der Waals surface area contributed by atoms with Crippen molar-refractivity contribution < 1.29 is 5.21 Å². The topological polar surface area (TPSA) is 44.3 Å². The van der Waals surface area contributed by atoms with Crippen LogP contribution in [0, 0.1) is 5.92 Å². The maximum atomic E-state index is 9.58. The summed E-state index contributed by atoms with van der Waals surface area (Å²) in [5, 5.41) is 13.2. The van der Waals surface area contributed by atoms with Crippen LogP contribution in [0.3, 0.4) is 0 Å². The van der Waals surface area contributed by atoms with Gasteiger partial charge in [-0.1, -0.05) is 182 Å². The Balaban J connectivity index is 0.000000136. The Morgan fingerprint density at radius 2 is 0.867 bits per heavy atom. The van der Waals surface area contributed by atoms with E-state index >= 15 is 0 Å². The van der Waals surface area contributed by atoms with E-state index in [4.69, 9.17) is 0 Å². The molecule has 2 unspecified atom stereocenters. The fourth-order valence-electron chi connectivity index (χ4n) is 11.6. The minimum Gasteiger partial charge on any atom is -0.356 e. The van der Waals surface area contributed by atoms with Gasteiger partial charge in [-0.15, -0.1) is 24.0 Å². The van der Waals surface area contributed by atoms with Crippen LogP contribution in [-0.4, -0.2) is 5.21 Å². The zero-order valence-electron chi connectivity index (χ0n) is 32.7. The number of hydroxylamine groups is 1. The van der Waals surface area contributed by atoms with E-state index in [0.717, 1.165) is 17.1 Å². The highest BCUT2D eigenvalue weighted by Crippen LogP contribution is 2.66. The molecule has 0 aliphatic heterocycles. The summed E-state index contributed by atoms with van der Waals surface area (Å²) in [4.78, 5) is 0. The van der Waals surface area contributed by atoms with Crippen LogP contribution in [0.25, 0.3) is 33.4 Å². The molecule has 0 radical (unpaired) electrons. The molecule has 0 heterocycles. The van der Waals surface area contributed by atoms with E-state index in [2.05, 4.69) is 211 Å². The van der Waals surface area contributed by atoms with Gasteiger partial charge in [-0.25, -0.2) is 0 Å². The van der Waals surface area contributed by atoms with Gasteiger partial charge in [-0.2, -0.15) is 0 Å². The fraction of sp³-hybridized carbons (Fsp3) is 0.0714. The number of allylic oxidation sites excluding steroid dienone is 3. The van der Waals surface area contributed by atoms with Crippen LogP contribution in [0.1, 0.15) is 50.4 Å². The molecule has 2 spiro atoms. The van der Waals surface area contributed by atoms with Gasteiger partial charge < -0.3 is 5.32 Å². The Bertz CT molecular complexity index is 2950. The van der Waals surface area contributed by atoms with Gasteiger partial charge in [0, 0.05) is 23.2 Å². The Kier molecular flexibility index (Phi) is 8.59. The predicted molar refractivity (Wildman–Crippen MR) is 254 cm³/mol. The van der Waals surface area contributed by atoms with Gasteiger partial charge in [-0.05, 0) is 108 Å². The van der Waals surface area contributed by atoms with E-state index in [1.54, 1.807) is 0 Å². The van der Waals surface area contributed by atoms with Gasteiger partial charge in [-0.3, -0.25) is 10.7 Å². The highest BCUT2D eigenvalue weighted by molar-refractivity contribution is 14.0. The maximum Gasteiger partial charge on any atom is 0.0726 e. The van der Waals surface area contributed by atoms with Crippen LogP contribution < -0.4 is 10.8 Å². The first kappa shape index (κ1) is 36.6. The molecule has 4 heteroatoms. The molecule has 3 N–H and O–H groups in total. The van der Waals surface area contributed by atoms with Gasteiger partial charge >= 0.3 is 0 Å². The number of hydrogen-bond donors (Lipinski definition) is 3. The lowest BCUT2D eigenvalue weighted by atomic mass is 9.65. The summed E-state index contributed by atoms with van der Waals surface area (Å²) in [7, 11) is 0. The number of hydrogen-bond acceptors (Lipinski definition) is 3. The molecule has 60 heavy (non-hydrogen) atoms. The van der Waals surface area contributed by atoms with Gasteiger partial charge in [0.15, 0.2) is 0 Å². The number of rotatable bonds is 3. The SMILES string of the molecule is I.ONC1=CC2C(C=C1)c1ccccc1C21c2ccccc2-c2ccccc21.c1ccc(Nc2ccc3c(c2)C2(c4ccccc4-c4ccccc42)c2ccccc2-3)cc1.